The Labute approximate surface area is 107 Å². The van der Waals surface area contributed by atoms with Crippen molar-refractivity contribution in [1.82, 2.24) is 0 Å². The van der Waals surface area contributed by atoms with Crippen LogP contribution in [0.4, 0.5) is 0 Å². The van der Waals surface area contributed by atoms with Gasteiger partial charge in [-0.3, -0.25) is 0 Å². The zero-order valence-electron chi connectivity index (χ0n) is 9.73. The Balaban J connectivity index is 2.14. The number of aliphatic hydroxyl groups excluding tert-OH is 1. The Morgan fingerprint density at radius 1 is 1.12 bits per heavy atom. The summed E-state index contributed by atoms with van der Waals surface area (Å²) in [6.07, 6.45) is 0.107. The van der Waals surface area contributed by atoms with E-state index in [1.807, 2.05) is 55.5 Å². The van der Waals surface area contributed by atoms with Crippen molar-refractivity contribution in [3.05, 3.63) is 70.2 Å². The molecule has 0 aromatic heterocycles. The molecule has 0 radical (unpaired) electrons. The lowest BCUT2D eigenvalue weighted by Crippen LogP contribution is -2.01. The predicted molar refractivity (Wildman–Crippen MR) is 71.3 cm³/mol. The summed E-state index contributed by atoms with van der Waals surface area (Å²) in [6, 6.07) is 15.6. The molecule has 0 heterocycles. The number of aliphatic hydroxyl groups is 1. The molecule has 1 nitrogen and oxygen atoms in total. The summed E-state index contributed by atoms with van der Waals surface area (Å²) in [7, 11) is 0. The van der Waals surface area contributed by atoms with Crippen molar-refractivity contribution in [3.63, 3.8) is 0 Å². The summed E-state index contributed by atoms with van der Waals surface area (Å²) in [5, 5.41) is 10.8. The van der Waals surface area contributed by atoms with E-state index in [0.29, 0.717) is 11.4 Å². The van der Waals surface area contributed by atoms with E-state index in [9.17, 15) is 5.11 Å². The van der Waals surface area contributed by atoms with Crippen LogP contribution in [0.2, 0.25) is 5.02 Å². The van der Waals surface area contributed by atoms with Crippen LogP contribution in [0.3, 0.4) is 0 Å². The fourth-order valence-electron chi connectivity index (χ4n) is 1.77. The summed E-state index contributed by atoms with van der Waals surface area (Å²) >= 11 is 6.05. The van der Waals surface area contributed by atoms with Gasteiger partial charge in [0.1, 0.15) is 0 Å². The molecule has 0 spiro atoms. The molecule has 2 aromatic carbocycles. The smallest absolute Gasteiger partial charge is 0.0830 e. The molecule has 0 bridgehead atoms. The molecule has 1 unspecified atom stereocenters. The van der Waals surface area contributed by atoms with Crippen molar-refractivity contribution in [2.24, 2.45) is 0 Å². The lowest BCUT2D eigenvalue weighted by atomic mass is 10.0. The maximum Gasteiger partial charge on any atom is 0.0830 e. The Morgan fingerprint density at radius 3 is 2.47 bits per heavy atom. The molecular weight excluding hydrogens is 232 g/mol. The first-order chi connectivity index (χ1) is 8.16. The minimum atomic E-state index is -0.504. The molecule has 0 amide bonds. The van der Waals surface area contributed by atoms with Gasteiger partial charge in [0, 0.05) is 11.4 Å². The van der Waals surface area contributed by atoms with E-state index in [-0.39, 0.29) is 0 Å². The largest absolute Gasteiger partial charge is 0.388 e. The van der Waals surface area contributed by atoms with Crippen molar-refractivity contribution < 1.29 is 5.11 Å². The summed E-state index contributed by atoms with van der Waals surface area (Å²) in [6.45, 7) is 1.95. The molecule has 0 aliphatic carbocycles. The number of aryl methyl sites for hydroxylation is 1. The first kappa shape index (κ1) is 12.2. The second-order valence-electron chi connectivity index (χ2n) is 4.21. The molecule has 17 heavy (non-hydrogen) atoms. The van der Waals surface area contributed by atoms with Crippen LogP contribution < -0.4 is 0 Å². The highest BCUT2D eigenvalue weighted by molar-refractivity contribution is 6.31. The SMILES string of the molecule is Cc1ccc(C(O)Cc2ccccc2)cc1Cl. The number of hydrogen-bond acceptors (Lipinski definition) is 1. The lowest BCUT2D eigenvalue weighted by Gasteiger charge is -2.12. The number of rotatable bonds is 3. The van der Waals surface area contributed by atoms with Crippen molar-refractivity contribution in [2.45, 2.75) is 19.4 Å². The van der Waals surface area contributed by atoms with Gasteiger partial charge in [-0.05, 0) is 29.7 Å². The quantitative estimate of drug-likeness (QED) is 0.870. The van der Waals surface area contributed by atoms with Crippen molar-refractivity contribution >= 4 is 11.6 Å². The van der Waals surface area contributed by atoms with Gasteiger partial charge in [0.05, 0.1) is 6.10 Å². The predicted octanol–water partition coefficient (Wildman–Crippen LogP) is 3.92. The van der Waals surface area contributed by atoms with E-state index in [1.54, 1.807) is 0 Å². The van der Waals surface area contributed by atoms with Crippen LogP contribution in [0.25, 0.3) is 0 Å². The lowest BCUT2D eigenvalue weighted by molar-refractivity contribution is 0.178. The molecule has 88 valence electrons. The molecule has 1 N–H and O–H groups in total. The summed E-state index contributed by atoms with van der Waals surface area (Å²) < 4.78 is 0. The molecule has 0 aliphatic rings. The molecule has 0 aliphatic heterocycles. The average Bonchev–Trinajstić information content (AvgIpc) is 2.34. The molecular formula is C15H15ClO. The number of hydrogen-bond donors (Lipinski definition) is 1. The fraction of sp³-hybridized carbons (Fsp3) is 0.200. The maximum atomic E-state index is 10.1. The summed E-state index contributed by atoms with van der Waals surface area (Å²) in [4.78, 5) is 0. The molecule has 2 aromatic rings. The van der Waals surface area contributed by atoms with E-state index < -0.39 is 6.10 Å². The highest BCUT2D eigenvalue weighted by Crippen LogP contribution is 2.23. The average molecular weight is 247 g/mol. The fourth-order valence-corrected chi connectivity index (χ4v) is 1.96. The van der Waals surface area contributed by atoms with Gasteiger partial charge in [-0.1, -0.05) is 54.1 Å². The Bertz CT molecular complexity index is 494. The highest BCUT2D eigenvalue weighted by atomic mass is 35.5. The Hall–Kier alpha value is -1.31. The van der Waals surface area contributed by atoms with Gasteiger partial charge in [-0.25, -0.2) is 0 Å². The minimum Gasteiger partial charge on any atom is -0.388 e. The van der Waals surface area contributed by atoms with Crippen molar-refractivity contribution in [3.8, 4) is 0 Å². The third-order valence-electron chi connectivity index (χ3n) is 2.85. The topological polar surface area (TPSA) is 20.2 Å². The minimum absolute atomic E-state index is 0.504. The Kier molecular flexibility index (Phi) is 3.82. The molecule has 2 rings (SSSR count). The van der Waals surface area contributed by atoms with Crippen LogP contribution in [0.15, 0.2) is 48.5 Å². The summed E-state index contributed by atoms with van der Waals surface area (Å²) in [5.41, 5.74) is 3.02. The van der Waals surface area contributed by atoms with Gasteiger partial charge < -0.3 is 5.11 Å². The van der Waals surface area contributed by atoms with Crippen LogP contribution in [-0.2, 0) is 6.42 Å². The van der Waals surface area contributed by atoms with Crippen molar-refractivity contribution in [2.75, 3.05) is 0 Å². The number of halogens is 1. The summed E-state index contributed by atoms with van der Waals surface area (Å²) in [5.74, 6) is 0. The van der Waals surface area contributed by atoms with Crippen molar-refractivity contribution in [1.29, 1.82) is 0 Å². The van der Waals surface area contributed by atoms with Crippen LogP contribution in [0, 0.1) is 6.92 Å². The first-order valence-electron chi connectivity index (χ1n) is 5.65. The third-order valence-corrected chi connectivity index (χ3v) is 3.26. The molecule has 0 fully saturated rings. The van der Waals surface area contributed by atoms with E-state index in [4.69, 9.17) is 11.6 Å². The van der Waals surface area contributed by atoms with Crippen LogP contribution in [0.5, 0.6) is 0 Å². The van der Waals surface area contributed by atoms with E-state index in [0.717, 1.165) is 16.7 Å². The van der Waals surface area contributed by atoms with E-state index >= 15 is 0 Å². The van der Waals surface area contributed by atoms with Gasteiger partial charge in [-0.2, -0.15) is 0 Å². The van der Waals surface area contributed by atoms with Gasteiger partial charge in [0.25, 0.3) is 0 Å². The molecule has 2 heteroatoms. The zero-order valence-corrected chi connectivity index (χ0v) is 10.5. The molecule has 0 saturated heterocycles. The zero-order chi connectivity index (χ0) is 12.3. The monoisotopic (exact) mass is 246 g/mol. The van der Waals surface area contributed by atoms with Crippen LogP contribution in [0.1, 0.15) is 22.8 Å². The highest BCUT2D eigenvalue weighted by Gasteiger charge is 2.09. The first-order valence-corrected chi connectivity index (χ1v) is 6.02. The van der Waals surface area contributed by atoms with E-state index in [2.05, 4.69) is 0 Å². The standard InChI is InChI=1S/C15H15ClO/c1-11-7-8-13(10-14(11)16)15(17)9-12-5-3-2-4-6-12/h2-8,10,15,17H,9H2,1H3. The van der Waals surface area contributed by atoms with Crippen LogP contribution in [-0.4, -0.2) is 5.11 Å². The normalized spacial score (nSPS) is 12.4. The molecule has 0 saturated carbocycles. The Morgan fingerprint density at radius 2 is 1.82 bits per heavy atom. The van der Waals surface area contributed by atoms with Gasteiger partial charge in [-0.15, -0.1) is 0 Å². The van der Waals surface area contributed by atoms with Gasteiger partial charge >= 0.3 is 0 Å². The third kappa shape index (κ3) is 3.09. The van der Waals surface area contributed by atoms with Gasteiger partial charge in [0.2, 0.25) is 0 Å². The van der Waals surface area contributed by atoms with E-state index in [1.165, 1.54) is 0 Å². The second kappa shape index (κ2) is 5.35. The second-order valence-corrected chi connectivity index (χ2v) is 4.62. The number of benzene rings is 2. The van der Waals surface area contributed by atoms with Gasteiger partial charge in [0.15, 0.2) is 0 Å². The van der Waals surface area contributed by atoms with Crippen LogP contribution >= 0.6 is 11.6 Å². The molecule has 1 atom stereocenters. The maximum absolute atomic E-state index is 10.1.